The van der Waals surface area contributed by atoms with Crippen molar-refractivity contribution in [3.05, 3.63) is 59.7 Å². The number of esters is 1. The van der Waals surface area contributed by atoms with Gasteiger partial charge in [0, 0.05) is 16.8 Å². The molecule has 0 heterocycles. The van der Waals surface area contributed by atoms with E-state index in [-0.39, 0.29) is 12.3 Å². The topological polar surface area (TPSA) is 111 Å². The number of hydrogen-bond acceptors (Lipinski definition) is 6. The molecule has 0 aromatic heterocycles. The highest BCUT2D eigenvalue weighted by Gasteiger charge is 2.11. The lowest BCUT2D eigenvalue weighted by Crippen LogP contribution is -2.32. The number of ether oxygens (including phenoxy) is 2. The molecular formula is C20H20N2O6. The first-order valence-electron chi connectivity index (χ1n) is 8.38. The van der Waals surface area contributed by atoms with Crippen molar-refractivity contribution in [2.75, 3.05) is 25.6 Å². The number of benzene rings is 2. The molecule has 0 saturated carbocycles. The minimum atomic E-state index is -0.755. The highest BCUT2D eigenvalue weighted by molar-refractivity contribution is 5.98. The van der Waals surface area contributed by atoms with Crippen LogP contribution in [-0.2, 0) is 14.3 Å². The number of anilines is 1. The summed E-state index contributed by atoms with van der Waals surface area (Å²) in [6.45, 7) is 0.530. The van der Waals surface area contributed by atoms with E-state index in [4.69, 9.17) is 9.47 Å². The van der Waals surface area contributed by atoms with Gasteiger partial charge in [0.15, 0.2) is 12.4 Å². The maximum absolute atomic E-state index is 11.9. The molecule has 2 aromatic carbocycles. The lowest BCUT2D eigenvalue weighted by atomic mass is 10.1. The number of methoxy groups -OCH3 is 1. The van der Waals surface area contributed by atoms with Gasteiger partial charge in [-0.3, -0.25) is 19.2 Å². The minimum absolute atomic E-state index is 0.130. The second-order valence-electron chi connectivity index (χ2n) is 5.76. The van der Waals surface area contributed by atoms with Crippen LogP contribution in [0.5, 0.6) is 5.75 Å². The molecule has 8 nitrogen and oxygen atoms in total. The standard InChI is InChI=1S/C20H20N2O6/c1-13(23)15-4-3-5-16(10-15)22-18(24)12-28-19(25)11-21-20(26)14-6-8-17(27-2)9-7-14/h3-10H,11-12H2,1-2H3,(H,21,26)(H,22,24). The Hall–Kier alpha value is -3.68. The summed E-state index contributed by atoms with van der Waals surface area (Å²) in [5.74, 6) is -1.29. The van der Waals surface area contributed by atoms with Crippen LogP contribution in [0.15, 0.2) is 48.5 Å². The van der Waals surface area contributed by atoms with E-state index >= 15 is 0 Å². The van der Waals surface area contributed by atoms with Crippen LogP contribution in [0.3, 0.4) is 0 Å². The molecule has 0 aliphatic carbocycles. The number of Topliss-reactive ketones (excluding diaryl/α,β-unsaturated/α-hetero) is 1. The zero-order valence-electron chi connectivity index (χ0n) is 15.5. The van der Waals surface area contributed by atoms with Crippen LogP contribution in [0, 0.1) is 0 Å². The molecule has 2 amide bonds. The fourth-order valence-electron chi connectivity index (χ4n) is 2.21. The van der Waals surface area contributed by atoms with Crippen LogP contribution in [0.2, 0.25) is 0 Å². The summed E-state index contributed by atoms with van der Waals surface area (Å²) in [7, 11) is 1.52. The van der Waals surface area contributed by atoms with Gasteiger partial charge >= 0.3 is 5.97 Å². The van der Waals surface area contributed by atoms with Gasteiger partial charge in [-0.1, -0.05) is 12.1 Å². The van der Waals surface area contributed by atoms with Gasteiger partial charge in [-0.15, -0.1) is 0 Å². The SMILES string of the molecule is COc1ccc(C(=O)NCC(=O)OCC(=O)Nc2cccc(C(C)=O)c2)cc1. The fourth-order valence-corrected chi connectivity index (χ4v) is 2.21. The Labute approximate surface area is 161 Å². The van der Waals surface area contributed by atoms with Crippen molar-refractivity contribution in [2.45, 2.75) is 6.92 Å². The Morgan fingerprint density at radius 3 is 2.32 bits per heavy atom. The van der Waals surface area contributed by atoms with Gasteiger partial charge in [0.1, 0.15) is 12.3 Å². The molecule has 0 atom stereocenters. The number of ketones is 1. The first-order chi connectivity index (χ1) is 13.4. The van der Waals surface area contributed by atoms with Crippen LogP contribution in [0.25, 0.3) is 0 Å². The smallest absolute Gasteiger partial charge is 0.325 e. The van der Waals surface area contributed by atoms with E-state index < -0.39 is 24.4 Å². The van der Waals surface area contributed by atoms with Gasteiger partial charge in [-0.2, -0.15) is 0 Å². The maximum atomic E-state index is 11.9. The van der Waals surface area contributed by atoms with Gasteiger partial charge in [0.2, 0.25) is 0 Å². The van der Waals surface area contributed by atoms with Gasteiger partial charge in [-0.05, 0) is 43.3 Å². The molecule has 0 aliphatic heterocycles. The van der Waals surface area contributed by atoms with E-state index in [9.17, 15) is 19.2 Å². The molecule has 0 spiro atoms. The van der Waals surface area contributed by atoms with Crippen LogP contribution in [0.4, 0.5) is 5.69 Å². The second kappa shape index (κ2) is 9.86. The molecule has 8 heteroatoms. The molecule has 0 bridgehead atoms. The third kappa shape index (κ3) is 6.24. The quantitative estimate of drug-likeness (QED) is 0.530. The molecule has 2 N–H and O–H groups in total. The van der Waals surface area contributed by atoms with Crippen LogP contribution in [-0.4, -0.2) is 43.8 Å². The number of rotatable bonds is 8. The molecule has 0 saturated heterocycles. The molecule has 0 radical (unpaired) electrons. The third-order valence-corrected chi connectivity index (χ3v) is 3.66. The van der Waals surface area contributed by atoms with Crippen molar-refractivity contribution in [3.8, 4) is 5.75 Å². The summed E-state index contributed by atoms with van der Waals surface area (Å²) in [6.07, 6.45) is 0. The zero-order chi connectivity index (χ0) is 20.5. The first-order valence-corrected chi connectivity index (χ1v) is 8.38. The number of carbonyl (C=O) groups is 4. The van der Waals surface area contributed by atoms with E-state index in [1.54, 1.807) is 42.5 Å². The minimum Gasteiger partial charge on any atom is -0.497 e. The average molecular weight is 384 g/mol. The van der Waals surface area contributed by atoms with E-state index in [0.717, 1.165) is 0 Å². The molecule has 146 valence electrons. The predicted molar refractivity (Wildman–Crippen MR) is 101 cm³/mol. The Morgan fingerprint density at radius 1 is 0.964 bits per heavy atom. The van der Waals surface area contributed by atoms with Crippen molar-refractivity contribution in [1.29, 1.82) is 0 Å². The monoisotopic (exact) mass is 384 g/mol. The van der Waals surface area contributed by atoms with Gasteiger partial charge < -0.3 is 20.1 Å². The van der Waals surface area contributed by atoms with Crippen molar-refractivity contribution in [1.82, 2.24) is 5.32 Å². The highest BCUT2D eigenvalue weighted by Crippen LogP contribution is 2.12. The summed E-state index contributed by atoms with van der Waals surface area (Å²) in [6, 6.07) is 12.8. The lowest BCUT2D eigenvalue weighted by Gasteiger charge is -2.08. The number of nitrogens with one attached hydrogen (secondary N) is 2. The van der Waals surface area contributed by atoms with E-state index in [1.165, 1.54) is 20.1 Å². The van der Waals surface area contributed by atoms with Gasteiger partial charge in [-0.25, -0.2) is 0 Å². The molecule has 0 unspecified atom stereocenters. The van der Waals surface area contributed by atoms with E-state index in [0.29, 0.717) is 22.6 Å². The average Bonchev–Trinajstić information content (AvgIpc) is 2.70. The summed E-state index contributed by atoms with van der Waals surface area (Å²) in [4.78, 5) is 46.8. The summed E-state index contributed by atoms with van der Waals surface area (Å²) in [5.41, 5.74) is 1.23. The van der Waals surface area contributed by atoms with E-state index in [1.807, 2.05) is 0 Å². The van der Waals surface area contributed by atoms with Crippen LogP contribution in [0.1, 0.15) is 27.6 Å². The Morgan fingerprint density at radius 2 is 1.68 bits per heavy atom. The van der Waals surface area contributed by atoms with Crippen molar-refractivity contribution >= 4 is 29.3 Å². The Kier molecular flexibility index (Phi) is 7.27. The van der Waals surface area contributed by atoms with Crippen molar-refractivity contribution in [2.24, 2.45) is 0 Å². The number of hydrogen-bond donors (Lipinski definition) is 2. The van der Waals surface area contributed by atoms with E-state index in [2.05, 4.69) is 10.6 Å². The molecule has 0 fully saturated rings. The normalized spacial score (nSPS) is 9.93. The second-order valence-corrected chi connectivity index (χ2v) is 5.76. The van der Waals surface area contributed by atoms with Gasteiger partial charge in [0.25, 0.3) is 11.8 Å². The van der Waals surface area contributed by atoms with Crippen molar-refractivity contribution < 1.29 is 28.7 Å². The zero-order valence-corrected chi connectivity index (χ0v) is 15.5. The molecule has 2 rings (SSSR count). The van der Waals surface area contributed by atoms with Crippen LogP contribution < -0.4 is 15.4 Å². The fraction of sp³-hybridized carbons (Fsp3) is 0.200. The summed E-state index contributed by atoms with van der Waals surface area (Å²) in [5, 5.41) is 4.93. The number of amides is 2. The predicted octanol–water partition coefficient (Wildman–Crippen LogP) is 1.81. The lowest BCUT2D eigenvalue weighted by molar-refractivity contribution is -0.146. The summed E-state index contributed by atoms with van der Waals surface area (Å²) < 4.78 is 9.83. The third-order valence-electron chi connectivity index (χ3n) is 3.66. The largest absolute Gasteiger partial charge is 0.497 e. The molecule has 0 aliphatic rings. The van der Waals surface area contributed by atoms with Crippen molar-refractivity contribution in [3.63, 3.8) is 0 Å². The Bertz CT molecular complexity index is 877. The highest BCUT2D eigenvalue weighted by atomic mass is 16.5. The Balaban J connectivity index is 1.75. The first kappa shape index (κ1) is 20.6. The maximum Gasteiger partial charge on any atom is 0.325 e. The molecular weight excluding hydrogens is 364 g/mol. The number of carbonyl (C=O) groups excluding carboxylic acids is 4. The molecule has 2 aromatic rings. The molecule has 28 heavy (non-hydrogen) atoms. The summed E-state index contributed by atoms with van der Waals surface area (Å²) >= 11 is 0. The van der Waals surface area contributed by atoms with Crippen LogP contribution >= 0.6 is 0 Å². The van der Waals surface area contributed by atoms with Gasteiger partial charge in [0.05, 0.1) is 7.11 Å².